The highest BCUT2D eigenvalue weighted by atomic mass is 32.1. The van der Waals surface area contributed by atoms with Gasteiger partial charge in [0.05, 0.1) is 11.3 Å². The first-order chi connectivity index (χ1) is 9.02. The molecule has 1 amide bonds. The van der Waals surface area contributed by atoms with Crippen molar-refractivity contribution in [3.05, 3.63) is 10.6 Å². The van der Waals surface area contributed by atoms with E-state index in [2.05, 4.69) is 14.9 Å². The highest BCUT2D eigenvalue weighted by molar-refractivity contribution is 7.08. The molecule has 2 rings (SSSR count). The minimum atomic E-state index is -0.732. The number of aromatic nitrogens is 2. The molecule has 1 saturated carbocycles. The lowest BCUT2D eigenvalue weighted by molar-refractivity contribution is 0.00528. The first-order valence-corrected chi connectivity index (χ1v) is 7.62. The molecule has 0 radical (unpaired) electrons. The Morgan fingerprint density at radius 2 is 2.11 bits per heavy atom. The molecule has 1 aromatic heterocycles. The SMILES string of the molecule is CC(C)c1nnsc1C(=O)NCC1(O)CCCCC1. The van der Waals surface area contributed by atoms with Crippen molar-refractivity contribution in [3.63, 3.8) is 0 Å². The zero-order valence-corrected chi connectivity index (χ0v) is 12.3. The van der Waals surface area contributed by atoms with Gasteiger partial charge in [0.15, 0.2) is 0 Å². The molecule has 2 N–H and O–H groups in total. The fraction of sp³-hybridized carbons (Fsp3) is 0.769. The molecule has 1 aliphatic carbocycles. The standard InChI is InChI=1S/C13H21N3O2S/c1-9(2)10-11(19-16-15-10)12(17)14-8-13(18)6-4-3-5-7-13/h9,18H,3-8H2,1-2H3,(H,14,17). The number of carbonyl (C=O) groups excluding carboxylic acids is 1. The maximum absolute atomic E-state index is 12.1. The summed E-state index contributed by atoms with van der Waals surface area (Å²) in [5.41, 5.74) is 0.00226. The summed E-state index contributed by atoms with van der Waals surface area (Å²) >= 11 is 1.12. The third-order valence-corrected chi connectivity index (χ3v) is 4.37. The molecule has 1 aliphatic rings. The predicted molar refractivity (Wildman–Crippen MR) is 74.4 cm³/mol. The van der Waals surface area contributed by atoms with Crippen molar-refractivity contribution in [2.75, 3.05) is 6.54 Å². The van der Waals surface area contributed by atoms with Gasteiger partial charge in [-0.05, 0) is 30.3 Å². The Labute approximate surface area is 117 Å². The maximum Gasteiger partial charge on any atom is 0.265 e. The Bertz CT molecular complexity index is 439. The van der Waals surface area contributed by atoms with E-state index < -0.39 is 5.60 Å². The van der Waals surface area contributed by atoms with Gasteiger partial charge in [0.2, 0.25) is 0 Å². The summed E-state index contributed by atoms with van der Waals surface area (Å²) in [6.45, 7) is 4.30. The molecule has 0 saturated heterocycles. The monoisotopic (exact) mass is 283 g/mol. The van der Waals surface area contributed by atoms with Gasteiger partial charge in [0, 0.05) is 6.54 Å². The van der Waals surface area contributed by atoms with Crippen molar-refractivity contribution >= 4 is 17.4 Å². The van der Waals surface area contributed by atoms with Crippen molar-refractivity contribution < 1.29 is 9.90 Å². The molecule has 0 atom stereocenters. The van der Waals surface area contributed by atoms with E-state index in [0.717, 1.165) is 42.9 Å². The maximum atomic E-state index is 12.1. The summed E-state index contributed by atoms with van der Waals surface area (Å²) in [5.74, 6) is 0.00923. The average Bonchev–Trinajstić information content (AvgIpc) is 2.86. The Hall–Kier alpha value is -1.01. The molecule has 0 spiro atoms. The lowest BCUT2D eigenvalue weighted by atomic mass is 9.85. The molecule has 0 aromatic carbocycles. The molecule has 0 bridgehead atoms. The van der Waals surface area contributed by atoms with Crippen LogP contribution in [0, 0.1) is 0 Å². The number of hydrogen-bond donors (Lipinski definition) is 2. The second kappa shape index (κ2) is 5.96. The van der Waals surface area contributed by atoms with E-state index in [1.54, 1.807) is 0 Å². The second-order valence-electron chi connectivity index (χ2n) is 5.61. The van der Waals surface area contributed by atoms with Crippen LogP contribution < -0.4 is 5.32 Å². The van der Waals surface area contributed by atoms with Crippen LogP contribution in [-0.2, 0) is 0 Å². The first kappa shape index (κ1) is 14.4. The van der Waals surface area contributed by atoms with Gasteiger partial charge in [-0.25, -0.2) is 0 Å². The van der Waals surface area contributed by atoms with E-state index in [0.29, 0.717) is 11.4 Å². The van der Waals surface area contributed by atoms with Crippen LogP contribution in [0.25, 0.3) is 0 Å². The topological polar surface area (TPSA) is 75.1 Å². The van der Waals surface area contributed by atoms with E-state index in [-0.39, 0.29) is 11.8 Å². The van der Waals surface area contributed by atoms with Gasteiger partial charge in [0.1, 0.15) is 4.88 Å². The number of aliphatic hydroxyl groups is 1. The molecule has 1 fully saturated rings. The smallest absolute Gasteiger partial charge is 0.265 e. The van der Waals surface area contributed by atoms with E-state index in [9.17, 15) is 9.90 Å². The largest absolute Gasteiger partial charge is 0.388 e. The quantitative estimate of drug-likeness (QED) is 0.887. The highest BCUT2D eigenvalue weighted by Crippen LogP contribution is 2.27. The molecule has 1 aromatic rings. The van der Waals surface area contributed by atoms with E-state index >= 15 is 0 Å². The number of rotatable bonds is 4. The van der Waals surface area contributed by atoms with Gasteiger partial charge in [-0.15, -0.1) is 5.10 Å². The van der Waals surface area contributed by atoms with Gasteiger partial charge >= 0.3 is 0 Å². The zero-order chi connectivity index (χ0) is 13.9. The summed E-state index contributed by atoms with van der Waals surface area (Å²) in [5, 5.41) is 17.2. The summed E-state index contributed by atoms with van der Waals surface area (Å²) in [7, 11) is 0. The number of carbonyl (C=O) groups is 1. The van der Waals surface area contributed by atoms with Crippen LogP contribution in [0.4, 0.5) is 0 Å². The van der Waals surface area contributed by atoms with Crippen molar-refractivity contribution in [1.29, 1.82) is 0 Å². The normalized spacial score (nSPS) is 18.5. The van der Waals surface area contributed by atoms with Crippen LogP contribution >= 0.6 is 11.5 Å². The summed E-state index contributed by atoms with van der Waals surface area (Å²) < 4.78 is 3.84. The van der Waals surface area contributed by atoms with Crippen molar-refractivity contribution in [2.45, 2.75) is 57.5 Å². The molecule has 0 unspecified atom stereocenters. The first-order valence-electron chi connectivity index (χ1n) is 6.85. The molecule has 5 nitrogen and oxygen atoms in total. The molecule has 106 valence electrons. The second-order valence-corrected chi connectivity index (χ2v) is 6.36. The van der Waals surface area contributed by atoms with Gasteiger partial charge < -0.3 is 10.4 Å². The highest BCUT2D eigenvalue weighted by Gasteiger charge is 2.30. The number of nitrogens with one attached hydrogen (secondary N) is 1. The molecule has 0 aliphatic heterocycles. The summed E-state index contributed by atoms with van der Waals surface area (Å²) in [6.07, 6.45) is 4.78. The predicted octanol–water partition coefficient (Wildman–Crippen LogP) is 2.09. The Kier molecular flexibility index (Phi) is 4.52. The minimum absolute atomic E-state index is 0.169. The Morgan fingerprint density at radius 3 is 2.74 bits per heavy atom. The van der Waals surface area contributed by atoms with Gasteiger partial charge in [-0.2, -0.15) is 0 Å². The molecule has 19 heavy (non-hydrogen) atoms. The fourth-order valence-electron chi connectivity index (χ4n) is 2.44. The van der Waals surface area contributed by atoms with Crippen LogP contribution in [-0.4, -0.2) is 32.7 Å². The zero-order valence-electron chi connectivity index (χ0n) is 11.5. The van der Waals surface area contributed by atoms with Gasteiger partial charge in [-0.1, -0.05) is 37.6 Å². The number of hydrogen-bond acceptors (Lipinski definition) is 5. The van der Waals surface area contributed by atoms with Crippen LogP contribution in [0.1, 0.15) is 67.2 Å². The third kappa shape index (κ3) is 3.51. The molecule has 6 heteroatoms. The van der Waals surface area contributed by atoms with Crippen molar-refractivity contribution in [1.82, 2.24) is 14.9 Å². The Morgan fingerprint density at radius 1 is 1.42 bits per heavy atom. The summed E-state index contributed by atoms with van der Waals surface area (Å²) in [6, 6.07) is 0. The van der Waals surface area contributed by atoms with E-state index in [4.69, 9.17) is 0 Å². The lowest BCUT2D eigenvalue weighted by Gasteiger charge is -2.32. The average molecular weight is 283 g/mol. The van der Waals surface area contributed by atoms with Crippen LogP contribution in [0.3, 0.4) is 0 Å². The number of amides is 1. The number of nitrogens with zero attached hydrogens (tertiary/aromatic N) is 2. The van der Waals surface area contributed by atoms with Crippen LogP contribution in [0.5, 0.6) is 0 Å². The van der Waals surface area contributed by atoms with Crippen molar-refractivity contribution in [2.24, 2.45) is 0 Å². The molecular weight excluding hydrogens is 262 g/mol. The van der Waals surface area contributed by atoms with Crippen molar-refractivity contribution in [3.8, 4) is 0 Å². The van der Waals surface area contributed by atoms with Crippen LogP contribution in [0.15, 0.2) is 0 Å². The fourth-order valence-corrected chi connectivity index (χ4v) is 3.18. The Balaban J connectivity index is 1.95. The minimum Gasteiger partial charge on any atom is -0.388 e. The van der Waals surface area contributed by atoms with E-state index in [1.165, 1.54) is 6.42 Å². The van der Waals surface area contributed by atoms with Gasteiger partial charge in [0.25, 0.3) is 5.91 Å². The molecular formula is C13H21N3O2S. The lowest BCUT2D eigenvalue weighted by Crippen LogP contribution is -2.44. The van der Waals surface area contributed by atoms with Crippen LogP contribution in [0.2, 0.25) is 0 Å². The van der Waals surface area contributed by atoms with E-state index in [1.807, 2.05) is 13.8 Å². The summed E-state index contributed by atoms with van der Waals surface area (Å²) in [4.78, 5) is 12.7. The third-order valence-electron chi connectivity index (χ3n) is 3.63. The van der Waals surface area contributed by atoms with Gasteiger partial charge in [-0.3, -0.25) is 4.79 Å². The molecule has 1 heterocycles.